The number of hydrogen-bond acceptors (Lipinski definition) is 2. The van der Waals surface area contributed by atoms with Crippen molar-refractivity contribution in [3.63, 3.8) is 0 Å². The number of aliphatic carboxylic acids is 1. The van der Waals surface area contributed by atoms with Gasteiger partial charge in [0.05, 0.1) is 12.4 Å². The summed E-state index contributed by atoms with van der Waals surface area (Å²) in [6.45, 7) is 2.16. The maximum atomic E-state index is 10.5. The average molecular weight is 270 g/mol. The molecule has 104 valence electrons. The number of rotatable bonds is 6. The number of carboxylic acids is 1. The van der Waals surface area contributed by atoms with Crippen LogP contribution in [0.3, 0.4) is 0 Å². The highest BCUT2D eigenvalue weighted by Crippen LogP contribution is 2.23. The van der Waals surface area contributed by atoms with Crippen LogP contribution in [0.1, 0.15) is 36.9 Å². The smallest absolute Gasteiger partial charge is 0.328 e. The van der Waals surface area contributed by atoms with Gasteiger partial charge in [0.1, 0.15) is 0 Å². The van der Waals surface area contributed by atoms with Gasteiger partial charge in [0.2, 0.25) is 0 Å². The molecule has 1 aromatic carbocycles. The maximum Gasteiger partial charge on any atom is 0.328 e. The Bertz CT molecular complexity index is 571. The lowest BCUT2D eigenvalue weighted by Gasteiger charge is -2.18. The SMILES string of the molecule is CCCC(c1ccc(C=CC(=O)O)cc1)n1ccnc1. The van der Waals surface area contributed by atoms with Crippen molar-refractivity contribution >= 4 is 12.0 Å². The van der Waals surface area contributed by atoms with Gasteiger partial charge in [-0.05, 0) is 23.6 Å². The lowest BCUT2D eigenvalue weighted by atomic mass is 10.0. The van der Waals surface area contributed by atoms with Gasteiger partial charge in [-0.15, -0.1) is 0 Å². The van der Waals surface area contributed by atoms with E-state index in [0.29, 0.717) is 0 Å². The summed E-state index contributed by atoms with van der Waals surface area (Å²) < 4.78 is 2.10. The molecule has 0 fully saturated rings. The van der Waals surface area contributed by atoms with Crippen LogP contribution in [0.2, 0.25) is 0 Å². The molecule has 4 nitrogen and oxygen atoms in total. The number of hydrogen-bond donors (Lipinski definition) is 1. The van der Waals surface area contributed by atoms with Gasteiger partial charge in [-0.2, -0.15) is 0 Å². The largest absolute Gasteiger partial charge is 0.478 e. The number of nitrogens with zero attached hydrogens (tertiary/aromatic N) is 2. The zero-order chi connectivity index (χ0) is 14.4. The molecule has 1 N–H and O–H groups in total. The molecule has 0 spiro atoms. The van der Waals surface area contributed by atoms with Crippen LogP contribution in [0, 0.1) is 0 Å². The summed E-state index contributed by atoms with van der Waals surface area (Å²) in [7, 11) is 0. The van der Waals surface area contributed by atoms with E-state index in [-0.39, 0.29) is 6.04 Å². The average Bonchev–Trinajstić information content (AvgIpc) is 2.97. The van der Waals surface area contributed by atoms with E-state index >= 15 is 0 Å². The Morgan fingerprint density at radius 3 is 2.70 bits per heavy atom. The summed E-state index contributed by atoms with van der Waals surface area (Å²) >= 11 is 0. The predicted molar refractivity (Wildman–Crippen MR) is 78.4 cm³/mol. The Morgan fingerprint density at radius 1 is 1.40 bits per heavy atom. The van der Waals surface area contributed by atoms with Crippen molar-refractivity contribution in [2.24, 2.45) is 0 Å². The molecule has 0 saturated carbocycles. The fourth-order valence-corrected chi connectivity index (χ4v) is 2.21. The van der Waals surface area contributed by atoms with Gasteiger partial charge in [-0.1, -0.05) is 37.6 Å². The van der Waals surface area contributed by atoms with Crippen molar-refractivity contribution in [2.45, 2.75) is 25.8 Å². The van der Waals surface area contributed by atoms with Gasteiger partial charge in [-0.25, -0.2) is 9.78 Å². The highest BCUT2D eigenvalue weighted by molar-refractivity contribution is 5.85. The molecule has 1 aromatic heterocycles. The molecular formula is C16H18N2O2. The lowest BCUT2D eigenvalue weighted by Crippen LogP contribution is -2.08. The van der Waals surface area contributed by atoms with Crippen LogP contribution in [0.4, 0.5) is 0 Å². The third-order valence-corrected chi connectivity index (χ3v) is 3.19. The van der Waals surface area contributed by atoms with E-state index in [4.69, 9.17) is 5.11 Å². The summed E-state index contributed by atoms with van der Waals surface area (Å²) in [6, 6.07) is 8.24. The molecule has 0 radical (unpaired) electrons. The molecule has 0 saturated heterocycles. The summed E-state index contributed by atoms with van der Waals surface area (Å²) in [6.07, 6.45) is 10.5. The normalized spacial score (nSPS) is 12.7. The molecule has 0 amide bonds. The van der Waals surface area contributed by atoms with Gasteiger partial charge in [0.25, 0.3) is 0 Å². The highest BCUT2D eigenvalue weighted by Gasteiger charge is 2.11. The number of carbonyl (C=O) groups is 1. The molecule has 1 heterocycles. The molecule has 2 rings (SSSR count). The molecule has 2 aromatic rings. The first kappa shape index (κ1) is 14.1. The summed E-state index contributed by atoms with van der Waals surface area (Å²) in [5.41, 5.74) is 2.09. The molecule has 1 atom stereocenters. The maximum absolute atomic E-state index is 10.5. The minimum atomic E-state index is -0.934. The zero-order valence-corrected chi connectivity index (χ0v) is 11.4. The molecule has 0 aliphatic rings. The monoisotopic (exact) mass is 270 g/mol. The molecule has 4 heteroatoms. The minimum absolute atomic E-state index is 0.278. The first-order chi connectivity index (χ1) is 9.70. The Hall–Kier alpha value is -2.36. The van der Waals surface area contributed by atoms with Gasteiger partial charge < -0.3 is 9.67 Å². The number of imidazole rings is 1. The van der Waals surface area contributed by atoms with Crippen molar-refractivity contribution in [1.82, 2.24) is 9.55 Å². The second-order valence-electron chi connectivity index (χ2n) is 4.65. The molecule has 1 unspecified atom stereocenters. The fourth-order valence-electron chi connectivity index (χ4n) is 2.21. The van der Waals surface area contributed by atoms with E-state index in [0.717, 1.165) is 24.5 Å². The van der Waals surface area contributed by atoms with Crippen molar-refractivity contribution in [1.29, 1.82) is 0 Å². The first-order valence-electron chi connectivity index (χ1n) is 6.69. The third kappa shape index (κ3) is 3.57. The topological polar surface area (TPSA) is 55.1 Å². The van der Waals surface area contributed by atoms with Crippen LogP contribution < -0.4 is 0 Å². The van der Waals surface area contributed by atoms with E-state index in [1.807, 2.05) is 36.8 Å². The molecule has 0 aliphatic carbocycles. The molecule has 20 heavy (non-hydrogen) atoms. The zero-order valence-electron chi connectivity index (χ0n) is 11.4. The van der Waals surface area contributed by atoms with Gasteiger partial charge in [0.15, 0.2) is 0 Å². The second kappa shape index (κ2) is 6.70. The van der Waals surface area contributed by atoms with Gasteiger partial charge >= 0.3 is 5.97 Å². The lowest BCUT2D eigenvalue weighted by molar-refractivity contribution is -0.131. The standard InChI is InChI=1S/C16H18N2O2/c1-2-3-15(18-11-10-17-12-18)14-7-4-13(5-8-14)6-9-16(19)20/h4-12,15H,2-3H2,1H3,(H,19,20). The predicted octanol–water partition coefficient (Wildman–Crippen LogP) is 3.37. The molecular weight excluding hydrogens is 252 g/mol. The van der Waals surface area contributed by atoms with Crippen LogP contribution in [-0.4, -0.2) is 20.6 Å². The van der Waals surface area contributed by atoms with Crippen molar-refractivity contribution in [2.75, 3.05) is 0 Å². The Morgan fingerprint density at radius 2 is 2.15 bits per heavy atom. The van der Waals surface area contributed by atoms with Crippen LogP contribution in [0.25, 0.3) is 6.08 Å². The van der Waals surface area contributed by atoms with E-state index in [2.05, 4.69) is 16.5 Å². The van der Waals surface area contributed by atoms with Crippen LogP contribution >= 0.6 is 0 Å². The van der Waals surface area contributed by atoms with E-state index in [1.54, 1.807) is 12.3 Å². The van der Waals surface area contributed by atoms with Crippen LogP contribution in [0.15, 0.2) is 49.1 Å². The molecule has 0 aliphatic heterocycles. The summed E-state index contributed by atoms with van der Waals surface area (Å²) in [5.74, 6) is -0.934. The number of aromatic nitrogens is 2. The van der Waals surface area contributed by atoms with Crippen molar-refractivity contribution in [3.8, 4) is 0 Å². The van der Waals surface area contributed by atoms with Crippen LogP contribution in [0.5, 0.6) is 0 Å². The first-order valence-corrected chi connectivity index (χ1v) is 6.69. The summed E-state index contributed by atoms with van der Waals surface area (Å²) in [5, 5.41) is 8.62. The second-order valence-corrected chi connectivity index (χ2v) is 4.65. The fraction of sp³-hybridized carbons (Fsp3) is 0.250. The quantitative estimate of drug-likeness (QED) is 0.819. The highest BCUT2D eigenvalue weighted by atomic mass is 16.4. The van der Waals surface area contributed by atoms with Crippen LogP contribution in [-0.2, 0) is 4.79 Å². The van der Waals surface area contributed by atoms with Gasteiger partial charge in [-0.3, -0.25) is 0 Å². The van der Waals surface area contributed by atoms with Crippen molar-refractivity contribution in [3.05, 3.63) is 60.2 Å². The van der Waals surface area contributed by atoms with Crippen molar-refractivity contribution < 1.29 is 9.90 Å². The van der Waals surface area contributed by atoms with E-state index in [1.165, 1.54) is 5.56 Å². The Labute approximate surface area is 118 Å². The minimum Gasteiger partial charge on any atom is -0.478 e. The van der Waals surface area contributed by atoms with E-state index in [9.17, 15) is 4.79 Å². The Kier molecular flexibility index (Phi) is 4.71. The number of benzene rings is 1. The Balaban J connectivity index is 2.20. The molecule has 0 bridgehead atoms. The third-order valence-electron chi connectivity index (χ3n) is 3.19. The van der Waals surface area contributed by atoms with E-state index < -0.39 is 5.97 Å². The summed E-state index contributed by atoms with van der Waals surface area (Å²) in [4.78, 5) is 14.6. The van der Waals surface area contributed by atoms with Gasteiger partial charge in [0, 0.05) is 18.5 Å². The number of carboxylic acid groups (broad SMARTS) is 1.